The number of primary sulfonamides is 1. The van der Waals surface area contributed by atoms with Crippen molar-refractivity contribution < 1.29 is 27.4 Å². The molecular formula is C27H27N3O6S. The number of nitrogens with one attached hydrogen (secondary N) is 1. The number of aromatic nitrogens is 1. The fourth-order valence-corrected chi connectivity index (χ4v) is 4.44. The van der Waals surface area contributed by atoms with Crippen LogP contribution in [0.5, 0.6) is 17.2 Å². The molecule has 0 fully saturated rings. The van der Waals surface area contributed by atoms with Crippen LogP contribution in [0.15, 0.2) is 71.6 Å². The van der Waals surface area contributed by atoms with E-state index in [1.807, 2.05) is 18.2 Å². The number of hydrogen-bond donors (Lipinski definition) is 2. The highest BCUT2D eigenvalue weighted by Crippen LogP contribution is 2.33. The zero-order valence-electron chi connectivity index (χ0n) is 20.6. The van der Waals surface area contributed by atoms with Crippen LogP contribution in [0.3, 0.4) is 0 Å². The third kappa shape index (κ3) is 5.82. The summed E-state index contributed by atoms with van der Waals surface area (Å²) < 4.78 is 39.0. The minimum absolute atomic E-state index is 0.0418. The summed E-state index contributed by atoms with van der Waals surface area (Å²) in [6.07, 6.45) is 0.505. The number of hydrogen-bond acceptors (Lipinski definition) is 7. The highest BCUT2D eigenvalue weighted by Gasteiger charge is 2.16. The van der Waals surface area contributed by atoms with Gasteiger partial charge in [-0.2, -0.15) is 0 Å². The number of ether oxygens (including phenoxy) is 3. The molecule has 0 aliphatic heterocycles. The van der Waals surface area contributed by atoms with Crippen molar-refractivity contribution in [3.05, 3.63) is 77.9 Å². The second kappa shape index (κ2) is 10.9. The fourth-order valence-electron chi connectivity index (χ4n) is 3.92. The van der Waals surface area contributed by atoms with E-state index in [-0.39, 0.29) is 10.8 Å². The minimum atomic E-state index is -3.75. The van der Waals surface area contributed by atoms with Crippen molar-refractivity contribution in [2.45, 2.75) is 11.3 Å². The van der Waals surface area contributed by atoms with Gasteiger partial charge in [0.2, 0.25) is 10.0 Å². The Kier molecular flexibility index (Phi) is 7.61. The first-order chi connectivity index (χ1) is 17.7. The number of nitrogens with two attached hydrogens (primary N) is 1. The number of fused-ring (bicyclic) bond motifs is 1. The maximum absolute atomic E-state index is 13.3. The van der Waals surface area contributed by atoms with Gasteiger partial charge in [-0.15, -0.1) is 0 Å². The number of rotatable bonds is 9. The predicted octanol–water partition coefficient (Wildman–Crippen LogP) is 3.55. The number of methoxy groups -OCH3 is 3. The SMILES string of the molecule is COc1ccc2nc(-c3ccc(OC)c(OC)c3)cc(C(=O)NCCc3ccc(S(N)(=O)=O)cc3)c2c1. The van der Waals surface area contributed by atoms with Crippen molar-refractivity contribution in [1.29, 1.82) is 0 Å². The first kappa shape index (κ1) is 25.9. The summed E-state index contributed by atoms with van der Waals surface area (Å²) in [7, 11) is 0.935. The summed E-state index contributed by atoms with van der Waals surface area (Å²) in [4.78, 5) is 18.1. The molecule has 3 aromatic carbocycles. The highest BCUT2D eigenvalue weighted by atomic mass is 32.2. The molecule has 0 atom stereocenters. The molecule has 0 radical (unpaired) electrons. The molecule has 37 heavy (non-hydrogen) atoms. The standard InChI is InChI=1S/C27H27N3O6S/c1-34-19-7-10-23-21(15-19)22(16-24(30-23)18-6-11-25(35-2)26(14-18)36-3)27(31)29-13-12-17-4-8-20(9-5-17)37(28,32)33/h4-11,14-16H,12-13H2,1-3H3,(H,29,31)(H2,28,32,33). The van der Waals surface area contributed by atoms with Gasteiger partial charge < -0.3 is 19.5 Å². The lowest BCUT2D eigenvalue weighted by atomic mass is 10.0. The molecule has 0 unspecified atom stereocenters. The van der Waals surface area contributed by atoms with Crippen LogP contribution in [-0.2, 0) is 16.4 Å². The number of benzene rings is 3. The van der Waals surface area contributed by atoms with Gasteiger partial charge >= 0.3 is 0 Å². The van der Waals surface area contributed by atoms with Crippen LogP contribution < -0.4 is 24.7 Å². The summed E-state index contributed by atoms with van der Waals surface area (Å²) in [5, 5.41) is 8.75. The second-order valence-electron chi connectivity index (χ2n) is 8.20. The van der Waals surface area contributed by atoms with Crippen molar-refractivity contribution in [2.24, 2.45) is 5.14 Å². The molecule has 9 nitrogen and oxygen atoms in total. The van der Waals surface area contributed by atoms with Gasteiger partial charge in [0, 0.05) is 17.5 Å². The number of carbonyl (C=O) groups is 1. The average Bonchev–Trinajstić information content (AvgIpc) is 2.91. The monoisotopic (exact) mass is 521 g/mol. The lowest BCUT2D eigenvalue weighted by Crippen LogP contribution is -2.26. The van der Waals surface area contributed by atoms with E-state index in [0.29, 0.717) is 52.4 Å². The normalized spacial score (nSPS) is 11.2. The minimum Gasteiger partial charge on any atom is -0.497 e. The summed E-state index contributed by atoms with van der Waals surface area (Å²) in [6, 6.07) is 18.8. The number of carbonyl (C=O) groups excluding carboxylic acids is 1. The van der Waals surface area contributed by atoms with E-state index in [2.05, 4.69) is 5.32 Å². The van der Waals surface area contributed by atoms with Gasteiger partial charge in [0.1, 0.15) is 5.75 Å². The Bertz CT molecular complexity index is 1550. The quantitative estimate of drug-likeness (QED) is 0.345. The van der Waals surface area contributed by atoms with Crippen LogP contribution in [0.1, 0.15) is 15.9 Å². The molecule has 1 aromatic heterocycles. The Morgan fingerprint density at radius 1 is 0.892 bits per heavy atom. The largest absolute Gasteiger partial charge is 0.497 e. The molecule has 10 heteroatoms. The first-order valence-corrected chi connectivity index (χ1v) is 12.9. The van der Waals surface area contributed by atoms with Crippen LogP contribution >= 0.6 is 0 Å². The molecule has 0 aliphatic carbocycles. The van der Waals surface area contributed by atoms with Gasteiger partial charge in [0.15, 0.2) is 11.5 Å². The van der Waals surface area contributed by atoms with E-state index in [1.54, 1.807) is 57.7 Å². The maximum atomic E-state index is 13.3. The highest BCUT2D eigenvalue weighted by molar-refractivity contribution is 7.89. The van der Waals surface area contributed by atoms with Crippen molar-refractivity contribution in [1.82, 2.24) is 10.3 Å². The van der Waals surface area contributed by atoms with Crippen molar-refractivity contribution in [3.63, 3.8) is 0 Å². The molecule has 0 saturated carbocycles. The van der Waals surface area contributed by atoms with Gasteiger partial charge in [-0.1, -0.05) is 12.1 Å². The predicted molar refractivity (Wildman–Crippen MR) is 141 cm³/mol. The van der Waals surface area contributed by atoms with E-state index < -0.39 is 10.0 Å². The molecule has 4 rings (SSSR count). The molecule has 192 valence electrons. The van der Waals surface area contributed by atoms with Gasteiger partial charge in [0.25, 0.3) is 5.91 Å². The molecule has 1 heterocycles. The van der Waals surface area contributed by atoms with E-state index >= 15 is 0 Å². The van der Waals surface area contributed by atoms with E-state index in [9.17, 15) is 13.2 Å². The Balaban J connectivity index is 1.63. The number of pyridine rings is 1. The summed E-state index contributed by atoms with van der Waals surface area (Å²) in [6.45, 7) is 0.340. The Morgan fingerprint density at radius 2 is 1.62 bits per heavy atom. The lowest BCUT2D eigenvalue weighted by Gasteiger charge is -2.13. The van der Waals surface area contributed by atoms with E-state index in [1.165, 1.54) is 12.1 Å². The van der Waals surface area contributed by atoms with Gasteiger partial charge in [-0.25, -0.2) is 18.5 Å². The molecule has 3 N–H and O–H groups in total. The number of nitrogens with zero attached hydrogens (tertiary/aromatic N) is 1. The Hall–Kier alpha value is -4.15. The fraction of sp³-hybridized carbons (Fsp3) is 0.185. The van der Waals surface area contributed by atoms with Crippen LogP contribution in [-0.4, -0.2) is 47.2 Å². The Labute approximate surface area is 215 Å². The van der Waals surface area contributed by atoms with Crippen molar-refractivity contribution in [2.75, 3.05) is 27.9 Å². The lowest BCUT2D eigenvalue weighted by molar-refractivity contribution is 0.0955. The van der Waals surface area contributed by atoms with E-state index in [0.717, 1.165) is 11.1 Å². The van der Waals surface area contributed by atoms with Crippen LogP contribution in [0.25, 0.3) is 22.2 Å². The average molecular weight is 522 g/mol. The molecular weight excluding hydrogens is 494 g/mol. The molecule has 4 aromatic rings. The zero-order chi connectivity index (χ0) is 26.6. The summed E-state index contributed by atoms with van der Waals surface area (Å²) in [5.41, 5.74) is 3.30. The molecule has 0 saturated heterocycles. The topological polar surface area (TPSA) is 130 Å². The Morgan fingerprint density at radius 3 is 2.27 bits per heavy atom. The first-order valence-electron chi connectivity index (χ1n) is 11.3. The van der Waals surface area contributed by atoms with Gasteiger partial charge in [-0.05, 0) is 66.6 Å². The maximum Gasteiger partial charge on any atom is 0.252 e. The number of amides is 1. The number of sulfonamides is 1. The zero-order valence-corrected chi connectivity index (χ0v) is 21.5. The summed E-state index contributed by atoms with van der Waals surface area (Å²) in [5.74, 6) is 1.48. The molecule has 0 aliphatic rings. The second-order valence-corrected chi connectivity index (χ2v) is 9.76. The summed E-state index contributed by atoms with van der Waals surface area (Å²) >= 11 is 0. The van der Waals surface area contributed by atoms with Crippen molar-refractivity contribution >= 4 is 26.8 Å². The van der Waals surface area contributed by atoms with Gasteiger partial charge in [-0.3, -0.25) is 4.79 Å². The van der Waals surface area contributed by atoms with Crippen LogP contribution in [0, 0.1) is 0 Å². The van der Waals surface area contributed by atoms with Crippen LogP contribution in [0.2, 0.25) is 0 Å². The van der Waals surface area contributed by atoms with Crippen molar-refractivity contribution in [3.8, 4) is 28.5 Å². The molecule has 0 bridgehead atoms. The molecule has 1 amide bonds. The smallest absolute Gasteiger partial charge is 0.252 e. The van der Waals surface area contributed by atoms with Gasteiger partial charge in [0.05, 0.1) is 43.0 Å². The third-order valence-electron chi connectivity index (χ3n) is 5.89. The van der Waals surface area contributed by atoms with E-state index in [4.69, 9.17) is 24.3 Å². The third-order valence-corrected chi connectivity index (χ3v) is 6.82. The molecule has 0 spiro atoms. The van der Waals surface area contributed by atoms with Crippen LogP contribution in [0.4, 0.5) is 0 Å².